The van der Waals surface area contributed by atoms with Crippen LogP contribution in [0.2, 0.25) is 0 Å². The van der Waals surface area contributed by atoms with Crippen molar-refractivity contribution in [1.82, 2.24) is 15.3 Å². The summed E-state index contributed by atoms with van der Waals surface area (Å²) in [7, 11) is 0. The Morgan fingerprint density at radius 1 is 1.21 bits per heavy atom. The summed E-state index contributed by atoms with van der Waals surface area (Å²) in [4.78, 5) is 27.2. The number of carboxylic acids is 1. The molecule has 3 unspecified atom stereocenters. The number of hydrogen-bond acceptors (Lipinski definition) is 7. The lowest BCUT2D eigenvalue weighted by Crippen LogP contribution is -2.71. The zero-order valence-electron chi connectivity index (χ0n) is 20.1. The highest BCUT2D eigenvalue weighted by Gasteiger charge is 2.56. The molecule has 180 valence electrons. The van der Waals surface area contributed by atoms with Crippen molar-refractivity contribution in [3.8, 4) is 0 Å². The van der Waals surface area contributed by atoms with E-state index in [9.17, 15) is 19.8 Å². The van der Waals surface area contributed by atoms with E-state index >= 15 is 0 Å². The van der Waals surface area contributed by atoms with Gasteiger partial charge in [0.1, 0.15) is 12.1 Å². The standard InChI is InChI=1S/C25H36N4O4/c1-5-25(22(30)31)20-17-29(23(32)33,24(2,3)4)14-12-21(20)28(26-25)19-11-13-27(16-19)15-18-9-7-6-8-10-18/h6-10,19,26H,5,11-17H2,1-4H3,(H-,30,31,32,33)/p-1. The first-order chi connectivity index (χ1) is 15.5. The highest BCUT2D eigenvalue weighted by molar-refractivity contribution is 5.83. The predicted molar refractivity (Wildman–Crippen MR) is 120 cm³/mol. The van der Waals surface area contributed by atoms with Gasteiger partial charge in [-0.2, -0.15) is 0 Å². The highest BCUT2D eigenvalue weighted by atomic mass is 16.4. The second kappa shape index (κ2) is 8.42. The van der Waals surface area contributed by atoms with Crippen molar-refractivity contribution in [3.63, 3.8) is 0 Å². The molecule has 8 heteroatoms. The van der Waals surface area contributed by atoms with Gasteiger partial charge in [0.25, 0.3) is 6.09 Å². The number of nitrogens with zero attached hydrogens (tertiary/aromatic N) is 3. The number of hydrogen-bond donors (Lipinski definition) is 1. The van der Waals surface area contributed by atoms with Crippen LogP contribution in [-0.2, 0) is 11.3 Å². The van der Waals surface area contributed by atoms with Crippen LogP contribution in [0.3, 0.4) is 0 Å². The third-order valence-corrected chi connectivity index (χ3v) is 8.00. The molecule has 0 aliphatic carbocycles. The third-order valence-electron chi connectivity index (χ3n) is 8.00. The van der Waals surface area contributed by atoms with Crippen LogP contribution < -0.4 is 15.6 Å². The fraction of sp³-hybridized carbons (Fsp3) is 0.600. The molecule has 1 N–H and O–H groups in total. The summed E-state index contributed by atoms with van der Waals surface area (Å²) < 4.78 is -0.290. The smallest absolute Gasteiger partial charge is 0.258 e. The summed E-state index contributed by atoms with van der Waals surface area (Å²) in [5.41, 5.74) is 4.09. The van der Waals surface area contributed by atoms with Gasteiger partial charge < -0.3 is 24.8 Å². The average molecular weight is 456 g/mol. The number of rotatable bonds is 5. The lowest BCUT2D eigenvalue weighted by atomic mass is 9.82. The molecule has 3 aliphatic rings. The minimum absolute atomic E-state index is 0.104. The zero-order valence-corrected chi connectivity index (χ0v) is 20.1. The number of benzene rings is 1. The number of hydrazine groups is 1. The van der Waals surface area contributed by atoms with Gasteiger partial charge in [-0.1, -0.05) is 37.3 Å². The normalized spacial score (nSPS) is 30.5. The molecule has 33 heavy (non-hydrogen) atoms. The van der Waals surface area contributed by atoms with Gasteiger partial charge in [-0.25, -0.2) is 5.43 Å². The number of aliphatic carboxylic acids is 1. The summed E-state index contributed by atoms with van der Waals surface area (Å²) in [6.45, 7) is 10.5. The van der Waals surface area contributed by atoms with E-state index in [1.807, 2.05) is 50.9 Å². The Hall–Kier alpha value is -2.42. The largest absolute Gasteiger partial charge is 0.548 e. The van der Waals surface area contributed by atoms with Crippen LogP contribution in [0.5, 0.6) is 0 Å². The molecule has 0 saturated carbocycles. The van der Waals surface area contributed by atoms with Crippen LogP contribution >= 0.6 is 0 Å². The number of carboxylic acid groups (broad SMARTS) is 2. The van der Waals surface area contributed by atoms with Gasteiger partial charge in [-0.15, -0.1) is 0 Å². The van der Waals surface area contributed by atoms with Crippen LogP contribution in [-0.4, -0.2) is 69.8 Å². The summed E-state index contributed by atoms with van der Waals surface area (Å²) in [6, 6.07) is 10.4. The molecule has 1 aromatic carbocycles. The van der Waals surface area contributed by atoms with Crippen molar-refractivity contribution < 1.29 is 24.3 Å². The summed E-state index contributed by atoms with van der Waals surface area (Å²) >= 11 is 0. The Morgan fingerprint density at radius 3 is 2.48 bits per heavy atom. The minimum atomic E-state index is -1.40. The molecule has 0 bridgehead atoms. The molecule has 8 nitrogen and oxygen atoms in total. The first-order valence-corrected chi connectivity index (χ1v) is 11.9. The van der Waals surface area contributed by atoms with Crippen molar-refractivity contribution in [2.75, 3.05) is 26.2 Å². The Bertz CT molecular complexity index is 957. The Balaban J connectivity index is 1.64. The second-order valence-corrected chi connectivity index (χ2v) is 10.7. The second-order valence-electron chi connectivity index (χ2n) is 10.7. The monoisotopic (exact) mass is 455 g/mol. The lowest BCUT2D eigenvalue weighted by Gasteiger charge is -2.51. The van der Waals surface area contributed by atoms with Gasteiger partial charge in [-0.3, -0.25) is 9.38 Å². The fourth-order valence-corrected chi connectivity index (χ4v) is 5.80. The quantitative estimate of drug-likeness (QED) is 0.649. The van der Waals surface area contributed by atoms with E-state index in [1.54, 1.807) is 0 Å². The molecule has 0 radical (unpaired) electrons. The number of likely N-dealkylation sites (tertiary alicyclic amines) is 1. The SMILES string of the molecule is CCC1(C(=O)[O-])NN(C2CCN(Cc3ccccc3)C2)C2=C1C[N+](C(=O)[O-])(C(C)(C)C)CC2. The van der Waals surface area contributed by atoms with Crippen molar-refractivity contribution in [1.29, 1.82) is 0 Å². The van der Waals surface area contributed by atoms with Crippen molar-refractivity contribution >= 4 is 12.1 Å². The topological polar surface area (TPSA) is 98.8 Å². The van der Waals surface area contributed by atoms with E-state index < -0.39 is 23.1 Å². The molecule has 3 aliphatic heterocycles. The molecule has 3 heterocycles. The van der Waals surface area contributed by atoms with Crippen LogP contribution in [0.15, 0.2) is 41.6 Å². The maximum Gasteiger partial charge on any atom is 0.258 e. The van der Waals surface area contributed by atoms with Gasteiger partial charge >= 0.3 is 0 Å². The Labute approximate surface area is 196 Å². The minimum Gasteiger partial charge on any atom is -0.548 e. The molecular weight excluding hydrogens is 420 g/mol. The third kappa shape index (κ3) is 3.84. The average Bonchev–Trinajstić information content (AvgIpc) is 3.35. The number of amides is 1. The van der Waals surface area contributed by atoms with Crippen molar-refractivity contribution in [2.24, 2.45) is 0 Å². The molecule has 1 aromatic rings. The summed E-state index contributed by atoms with van der Waals surface area (Å²) in [5.74, 6) is -1.20. The van der Waals surface area contributed by atoms with E-state index in [4.69, 9.17) is 0 Å². The lowest BCUT2D eigenvalue weighted by molar-refractivity contribution is -0.917. The fourth-order valence-electron chi connectivity index (χ4n) is 5.80. The summed E-state index contributed by atoms with van der Waals surface area (Å²) in [6.07, 6.45) is 0.509. The molecule has 0 aromatic heterocycles. The van der Waals surface area contributed by atoms with Gasteiger partial charge in [-0.05, 0) is 39.2 Å². The predicted octanol–water partition coefficient (Wildman–Crippen LogP) is 0.596. The van der Waals surface area contributed by atoms with E-state index in [-0.39, 0.29) is 23.5 Å². The van der Waals surface area contributed by atoms with E-state index in [0.717, 1.165) is 31.8 Å². The summed E-state index contributed by atoms with van der Waals surface area (Å²) in [5, 5.41) is 26.9. The van der Waals surface area contributed by atoms with Gasteiger partial charge in [0, 0.05) is 37.3 Å². The number of nitrogens with one attached hydrogen (secondary N) is 1. The maximum absolute atomic E-state index is 12.5. The van der Waals surface area contributed by atoms with Gasteiger partial charge in [0.2, 0.25) is 0 Å². The zero-order chi connectivity index (χ0) is 24.0. The molecular formula is C25H35N4O4-. The van der Waals surface area contributed by atoms with E-state index in [1.165, 1.54) is 5.56 Å². The van der Waals surface area contributed by atoms with Crippen LogP contribution in [0.25, 0.3) is 0 Å². The van der Waals surface area contributed by atoms with Crippen LogP contribution in [0.4, 0.5) is 4.79 Å². The van der Waals surface area contributed by atoms with E-state index in [0.29, 0.717) is 18.5 Å². The van der Waals surface area contributed by atoms with Crippen molar-refractivity contribution in [2.45, 2.75) is 70.6 Å². The molecule has 3 atom stereocenters. The first kappa shape index (κ1) is 23.7. The molecule has 4 rings (SSSR count). The number of carbonyl (C=O) groups excluding carboxylic acids is 2. The molecule has 1 fully saturated rings. The highest BCUT2D eigenvalue weighted by Crippen LogP contribution is 2.43. The van der Waals surface area contributed by atoms with Crippen LogP contribution in [0.1, 0.15) is 52.5 Å². The molecule has 1 amide bonds. The first-order valence-electron chi connectivity index (χ1n) is 11.9. The number of carbonyl (C=O) groups is 2. The van der Waals surface area contributed by atoms with Crippen molar-refractivity contribution in [3.05, 3.63) is 47.2 Å². The van der Waals surface area contributed by atoms with Crippen LogP contribution in [0, 0.1) is 0 Å². The van der Waals surface area contributed by atoms with Gasteiger partial charge in [0.15, 0.2) is 0 Å². The Morgan fingerprint density at radius 2 is 1.91 bits per heavy atom. The number of quaternary nitrogens is 1. The molecule has 1 saturated heterocycles. The van der Waals surface area contributed by atoms with E-state index in [2.05, 4.69) is 22.5 Å². The van der Waals surface area contributed by atoms with Gasteiger partial charge in [0.05, 0.1) is 24.1 Å². The Kier molecular flexibility index (Phi) is 6.05. The molecule has 0 spiro atoms. The maximum atomic E-state index is 12.5.